The largest absolute Gasteiger partial charge is 0.374 e. The van der Waals surface area contributed by atoms with Gasteiger partial charge in [-0.25, -0.2) is 0 Å². The molecule has 0 saturated heterocycles. The summed E-state index contributed by atoms with van der Waals surface area (Å²) in [4.78, 5) is 4.41. The predicted octanol–water partition coefficient (Wildman–Crippen LogP) is 5.41. The number of nitrogens with one attached hydrogen (secondary N) is 2. The second kappa shape index (κ2) is 16.6. The molecule has 4 heteroatoms. The zero-order valence-electron chi connectivity index (χ0n) is 13.7. The molecular weight excluding hydrogens is 260 g/mol. The third-order valence-corrected chi connectivity index (χ3v) is 3.68. The number of allylic oxidation sites excluding steroid dienone is 2. The van der Waals surface area contributed by atoms with Gasteiger partial charge in [0, 0.05) is 13.1 Å². The van der Waals surface area contributed by atoms with E-state index in [4.69, 9.17) is 11.1 Å². The molecule has 0 spiro atoms. The summed E-state index contributed by atoms with van der Waals surface area (Å²) in [5.41, 5.74) is 11.0. The molecule has 0 aliphatic carbocycles. The molecule has 2 N–H and O–H groups in total. The van der Waals surface area contributed by atoms with E-state index in [1.807, 2.05) is 4.91 Å². The fourth-order valence-corrected chi connectivity index (χ4v) is 2.48. The van der Waals surface area contributed by atoms with Crippen LogP contribution in [0.4, 0.5) is 0 Å². The van der Waals surface area contributed by atoms with Gasteiger partial charge in [0.25, 0.3) is 0 Å². The quantitative estimate of drug-likeness (QED) is 0.298. The first-order chi connectivity index (χ1) is 10.3. The van der Waals surface area contributed by atoms with E-state index in [1.165, 1.54) is 70.8 Å². The van der Waals surface area contributed by atoms with Crippen molar-refractivity contribution in [2.45, 2.75) is 71.1 Å². The zero-order chi connectivity index (χ0) is 15.6. The summed E-state index contributed by atoms with van der Waals surface area (Å²) in [6.07, 6.45) is 23.0. The van der Waals surface area contributed by atoms with Crippen molar-refractivity contribution in [2.24, 2.45) is 0 Å². The van der Waals surface area contributed by atoms with Crippen LogP contribution in [0, 0.1) is 11.1 Å². The third-order valence-electron chi connectivity index (χ3n) is 3.68. The minimum absolute atomic E-state index is 1.11. The molecule has 21 heavy (non-hydrogen) atoms. The molecule has 0 bridgehead atoms. The average Bonchev–Trinajstić information content (AvgIpc) is 2.51. The normalized spacial score (nSPS) is 12.7. The Bertz CT molecular complexity index is 304. The molecule has 1 rings (SSSR count). The molecule has 0 saturated carbocycles. The number of unbranched alkanes of at least 4 members (excludes halogenated alkanes) is 9. The molecule has 0 fully saturated rings. The summed E-state index contributed by atoms with van der Waals surface area (Å²) in [5, 5.41) is 0. The molecule has 120 valence electrons. The summed E-state index contributed by atoms with van der Waals surface area (Å²) < 4.78 is 0. The van der Waals surface area contributed by atoms with Crippen LogP contribution in [0.5, 0.6) is 0 Å². The summed E-state index contributed by atoms with van der Waals surface area (Å²) in [6.45, 7) is 4.62. The van der Waals surface area contributed by atoms with Crippen LogP contribution in [0.1, 0.15) is 71.1 Å². The van der Waals surface area contributed by atoms with Gasteiger partial charge in [0.05, 0.1) is 0 Å². The van der Waals surface area contributed by atoms with Crippen molar-refractivity contribution >= 4 is 0 Å². The second-order valence-electron chi connectivity index (χ2n) is 5.56. The Morgan fingerprint density at radius 3 is 1.86 bits per heavy atom. The highest BCUT2D eigenvalue weighted by molar-refractivity contribution is 5.08. The molecule has 1 heterocycles. The molecule has 0 radical (unpaired) electrons. The van der Waals surface area contributed by atoms with E-state index in [0.29, 0.717) is 0 Å². The maximum absolute atomic E-state index is 5.50. The van der Waals surface area contributed by atoms with Crippen molar-refractivity contribution in [1.29, 1.82) is 11.1 Å². The molecule has 1 aliphatic rings. The van der Waals surface area contributed by atoms with Crippen molar-refractivity contribution in [3.05, 3.63) is 24.4 Å². The van der Waals surface area contributed by atoms with Crippen molar-refractivity contribution < 1.29 is 0 Å². The maximum atomic E-state index is 5.50. The van der Waals surface area contributed by atoms with Gasteiger partial charge in [-0.2, -0.15) is 0 Å². The Morgan fingerprint density at radius 1 is 0.857 bits per heavy atom. The summed E-state index contributed by atoms with van der Waals surface area (Å²) in [7, 11) is 0. The lowest BCUT2D eigenvalue weighted by molar-refractivity contribution is 0.392. The fourth-order valence-electron chi connectivity index (χ4n) is 2.48. The molecule has 0 aromatic heterocycles. The number of hydrogen-bond acceptors (Lipinski definition) is 3. The lowest BCUT2D eigenvalue weighted by Crippen LogP contribution is -2.19. The van der Waals surface area contributed by atoms with Gasteiger partial charge in [-0.3, -0.25) is 0 Å². The lowest BCUT2D eigenvalue weighted by atomic mass is 10.1. The van der Waals surface area contributed by atoms with E-state index in [0.717, 1.165) is 6.54 Å². The average molecular weight is 293 g/mol. The Hall–Kier alpha value is -1.41. The predicted molar refractivity (Wildman–Crippen MR) is 89.3 cm³/mol. The Morgan fingerprint density at radius 2 is 1.38 bits per heavy atom. The Kier molecular flexibility index (Phi) is 15.5. The monoisotopic (exact) mass is 293 g/mol. The third kappa shape index (κ3) is 14.8. The van der Waals surface area contributed by atoms with Crippen molar-refractivity contribution in [2.75, 3.05) is 13.1 Å². The van der Waals surface area contributed by atoms with E-state index >= 15 is 0 Å². The van der Waals surface area contributed by atoms with Crippen LogP contribution in [0.25, 0.3) is 0 Å². The lowest BCUT2D eigenvalue weighted by Gasteiger charge is -2.20. The Balaban J connectivity index is 0.00000122. The standard InChI is InChI=1S/C17H31N.H2N3/c1-2-3-4-5-6-7-8-9-10-12-15-18-16-13-11-14-17-18;1-3-2/h11,13-14,16H,2-10,12,15,17H2,1H3;1-2H/q;+1. The summed E-state index contributed by atoms with van der Waals surface area (Å²) in [6, 6.07) is 0. The van der Waals surface area contributed by atoms with E-state index in [2.05, 4.69) is 36.3 Å². The van der Waals surface area contributed by atoms with Gasteiger partial charge in [-0.1, -0.05) is 76.9 Å². The first kappa shape index (κ1) is 19.6. The fraction of sp³-hybridized carbons (Fsp3) is 0.765. The van der Waals surface area contributed by atoms with Crippen LogP contribution in [-0.4, -0.2) is 18.0 Å². The highest BCUT2D eigenvalue weighted by Crippen LogP contribution is 2.11. The van der Waals surface area contributed by atoms with Crippen LogP contribution in [0.2, 0.25) is 0 Å². The van der Waals surface area contributed by atoms with Crippen LogP contribution < -0.4 is 4.91 Å². The molecule has 4 nitrogen and oxygen atoms in total. The number of rotatable bonds is 11. The smallest absolute Gasteiger partial charge is 0.211 e. The Labute approximate surface area is 130 Å². The van der Waals surface area contributed by atoms with Gasteiger partial charge in [0.15, 0.2) is 0 Å². The minimum atomic E-state index is 1.11. The number of hydrogen-bond donors (Lipinski definition) is 2. The SMILES string of the molecule is CCCCCCCCCCCCN1C=CC=CC1.N=[N+]=N. The van der Waals surface area contributed by atoms with Crippen LogP contribution in [0.3, 0.4) is 0 Å². The van der Waals surface area contributed by atoms with Crippen LogP contribution in [-0.2, 0) is 0 Å². The van der Waals surface area contributed by atoms with E-state index in [9.17, 15) is 0 Å². The van der Waals surface area contributed by atoms with E-state index < -0.39 is 0 Å². The summed E-state index contributed by atoms with van der Waals surface area (Å²) in [5.74, 6) is 0. The van der Waals surface area contributed by atoms with Gasteiger partial charge in [-0.15, -0.1) is 0 Å². The van der Waals surface area contributed by atoms with Gasteiger partial charge in [0.1, 0.15) is 11.1 Å². The van der Waals surface area contributed by atoms with Gasteiger partial charge in [0.2, 0.25) is 4.91 Å². The minimum Gasteiger partial charge on any atom is -0.374 e. The highest BCUT2D eigenvalue weighted by Gasteiger charge is 1.98. The highest BCUT2D eigenvalue weighted by atomic mass is 15.1. The molecule has 0 amide bonds. The van der Waals surface area contributed by atoms with Crippen molar-refractivity contribution in [1.82, 2.24) is 9.81 Å². The van der Waals surface area contributed by atoms with Gasteiger partial charge < -0.3 is 4.90 Å². The first-order valence-corrected chi connectivity index (χ1v) is 8.45. The van der Waals surface area contributed by atoms with Crippen molar-refractivity contribution in [3.8, 4) is 0 Å². The first-order valence-electron chi connectivity index (χ1n) is 8.45. The van der Waals surface area contributed by atoms with E-state index in [1.54, 1.807) is 0 Å². The topological polar surface area (TPSA) is 65.0 Å². The second-order valence-corrected chi connectivity index (χ2v) is 5.56. The molecule has 0 aromatic carbocycles. The van der Waals surface area contributed by atoms with Crippen LogP contribution >= 0.6 is 0 Å². The zero-order valence-corrected chi connectivity index (χ0v) is 13.7. The molecule has 0 aromatic rings. The molecule has 0 unspecified atom stereocenters. The van der Waals surface area contributed by atoms with Crippen molar-refractivity contribution in [3.63, 3.8) is 0 Å². The van der Waals surface area contributed by atoms with Crippen LogP contribution in [0.15, 0.2) is 24.4 Å². The van der Waals surface area contributed by atoms with E-state index in [-0.39, 0.29) is 0 Å². The molecule has 0 atom stereocenters. The summed E-state index contributed by atoms with van der Waals surface area (Å²) >= 11 is 0. The van der Waals surface area contributed by atoms with Gasteiger partial charge >= 0.3 is 0 Å². The van der Waals surface area contributed by atoms with Gasteiger partial charge in [-0.05, 0) is 18.7 Å². The number of nitrogens with zero attached hydrogens (tertiary/aromatic N) is 2. The molecule has 1 aliphatic heterocycles. The molecular formula is C17H33N4+. The maximum Gasteiger partial charge on any atom is 0.211 e.